The minimum atomic E-state index is -1.66. The lowest BCUT2D eigenvalue weighted by atomic mass is 9.88. The molecule has 0 spiro atoms. The first-order valence-corrected chi connectivity index (χ1v) is 9.59. The Labute approximate surface area is 196 Å². The molecule has 13 heteroatoms. The number of nitrogen functional groups attached to an aromatic ring is 1. The van der Waals surface area contributed by atoms with Gasteiger partial charge in [0.2, 0.25) is 23.1 Å². The molecule has 0 saturated carbocycles. The minimum Gasteiger partial charge on any atom is -0.490 e. The van der Waals surface area contributed by atoms with E-state index < -0.39 is 52.2 Å². The maximum Gasteiger partial charge on any atom is 0.355 e. The highest BCUT2D eigenvalue weighted by atomic mass is 16.5. The van der Waals surface area contributed by atoms with Crippen LogP contribution in [0.4, 0.5) is 5.69 Å². The van der Waals surface area contributed by atoms with Gasteiger partial charge in [0.1, 0.15) is 5.69 Å². The normalized spacial score (nSPS) is 13.4. The molecule has 13 nitrogen and oxygen atoms in total. The van der Waals surface area contributed by atoms with Crippen molar-refractivity contribution in [1.82, 2.24) is 9.97 Å². The number of nitrogens with zero attached hydrogens (tertiary/aromatic N) is 2. The number of pyridine rings is 2. The second-order valence-corrected chi connectivity index (χ2v) is 7.05. The Morgan fingerprint density at radius 2 is 1.49 bits per heavy atom. The van der Waals surface area contributed by atoms with Gasteiger partial charge in [0.15, 0.2) is 11.4 Å². The molecular weight excluding hydrogens is 466 g/mol. The lowest BCUT2D eigenvalue weighted by Gasteiger charge is -2.21. The second kappa shape index (κ2) is 9.05. The number of carbonyl (C=O) groups excluding carboxylic acids is 2. The molecular formula is C22H17N3O10. The Morgan fingerprint density at radius 1 is 0.886 bits per heavy atom. The van der Waals surface area contributed by atoms with Crippen molar-refractivity contribution in [2.45, 2.75) is 6.92 Å². The summed E-state index contributed by atoms with van der Waals surface area (Å²) in [5, 5.41) is 28.3. The zero-order valence-electron chi connectivity index (χ0n) is 18.4. The number of ketones is 2. The molecule has 35 heavy (non-hydrogen) atoms. The van der Waals surface area contributed by atoms with Crippen LogP contribution in [0.5, 0.6) is 0 Å². The van der Waals surface area contributed by atoms with E-state index in [4.69, 9.17) is 15.2 Å². The van der Waals surface area contributed by atoms with Gasteiger partial charge >= 0.3 is 17.9 Å². The number of carbonyl (C=O) groups is 5. The highest BCUT2D eigenvalue weighted by Crippen LogP contribution is 2.38. The lowest BCUT2D eigenvalue weighted by molar-refractivity contribution is -0.119. The zero-order valence-corrected chi connectivity index (χ0v) is 18.4. The van der Waals surface area contributed by atoms with Crippen molar-refractivity contribution in [3.05, 3.63) is 57.8 Å². The van der Waals surface area contributed by atoms with Crippen LogP contribution in [0.25, 0.3) is 17.0 Å². The first-order chi connectivity index (χ1) is 16.4. The Balaban J connectivity index is 2.37. The Morgan fingerprint density at radius 3 is 2.00 bits per heavy atom. The number of ether oxygens (including phenoxy) is 2. The third-order valence-corrected chi connectivity index (χ3v) is 5.09. The van der Waals surface area contributed by atoms with Crippen LogP contribution >= 0.6 is 0 Å². The van der Waals surface area contributed by atoms with Gasteiger partial charge in [-0.1, -0.05) is 0 Å². The number of allylic oxidation sites excluding steroid dienone is 2. The van der Waals surface area contributed by atoms with Crippen molar-refractivity contribution in [3.8, 4) is 11.4 Å². The van der Waals surface area contributed by atoms with E-state index in [9.17, 15) is 39.3 Å². The van der Waals surface area contributed by atoms with E-state index >= 15 is 0 Å². The van der Waals surface area contributed by atoms with Gasteiger partial charge in [-0.05, 0) is 24.6 Å². The minimum absolute atomic E-state index is 0.0666. The Kier molecular flexibility index (Phi) is 6.35. The topological polar surface area (TPSA) is 216 Å². The van der Waals surface area contributed by atoms with Crippen LogP contribution in [0.2, 0.25) is 0 Å². The Bertz CT molecular complexity index is 1400. The van der Waals surface area contributed by atoms with Gasteiger partial charge in [-0.3, -0.25) is 9.59 Å². The van der Waals surface area contributed by atoms with E-state index in [1.165, 1.54) is 6.92 Å². The quantitative estimate of drug-likeness (QED) is 0.407. The average Bonchev–Trinajstić information content (AvgIpc) is 2.80. The largest absolute Gasteiger partial charge is 0.490 e. The fourth-order valence-corrected chi connectivity index (χ4v) is 3.54. The summed E-state index contributed by atoms with van der Waals surface area (Å²) in [5.41, 5.74) is 2.76. The Hall–Kier alpha value is -5.07. The molecule has 0 fully saturated rings. The lowest BCUT2D eigenvalue weighted by Crippen LogP contribution is -2.23. The van der Waals surface area contributed by atoms with Crippen LogP contribution in [0.1, 0.15) is 42.5 Å². The number of rotatable bonds is 7. The van der Waals surface area contributed by atoms with Gasteiger partial charge < -0.3 is 30.5 Å². The van der Waals surface area contributed by atoms with Crippen LogP contribution in [0.3, 0.4) is 0 Å². The van der Waals surface area contributed by atoms with E-state index in [0.29, 0.717) is 0 Å². The van der Waals surface area contributed by atoms with Gasteiger partial charge in [0.25, 0.3) is 0 Å². The van der Waals surface area contributed by atoms with E-state index in [-0.39, 0.29) is 39.5 Å². The summed E-state index contributed by atoms with van der Waals surface area (Å²) in [6.45, 7) is 1.32. The van der Waals surface area contributed by atoms with Crippen molar-refractivity contribution in [2.24, 2.45) is 0 Å². The van der Waals surface area contributed by atoms with Crippen LogP contribution in [-0.4, -0.2) is 69.0 Å². The van der Waals surface area contributed by atoms with E-state index in [1.807, 2.05) is 0 Å². The van der Waals surface area contributed by atoms with E-state index in [1.54, 1.807) is 0 Å². The summed E-state index contributed by atoms with van der Waals surface area (Å²) in [6.07, 6.45) is 0.904. The first-order valence-electron chi connectivity index (χ1n) is 9.59. The van der Waals surface area contributed by atoms with Crippen molar-refractivity contribution in [2.75, 3.05) is 20.0 Å². The van der Waals surface area contributed by atoms with Gasteiger partial charge in [0, 0.05) is 17.2 Å². The third kappa shape index (κ3) is 4.06. The molecule has 1 aliphatic carbocycles. The van der Waals surface area contributed by atoms with E-state index in [0.717, 1.165) is 32.4 Å². The highest BCUT2D eigenvalue weighted by molar-refractivity contribution is 6.37. The molecule has 2 aromatic rings. The van der Waals surface area contributed by atoms with Crippen LogP contribution in [-0.2, 0) is 19.1 Å². The number of aromatic carboxylic acids is 3. The number of aromatic nitrogens is 2. The molecule has 0 unspecified atom stereocenters. The summed E-state index contributed by atoms with van der Waals surface area (Å²) in [6, 6.07) is 2.03. The van der Waals surface area contributed by atoms with Crippen molar-refractivity contribution >= 4 is 40.7 Å². The van der Waals surface area contributed by atoms with Gasteiger partial charge in [0.05, 0.1) is 31.2 Å². The first kappa shape index (κ1) is 24.6. The number of hydrogen-bond donors (Lipinski definition) is 4. The molecule has 0 bridgehead atoms. The smallest absolute Gasteiger partial charge is 0.355 e. The van der Waals surface area contributed by atoms with Gasteiger partial charge in [-0.2, -0.15) is 0 Å². The number of methoxy groups -OCH3 is 2. The fourth-order valence-electron chi connectivity index (χ4n) is 3.54. The number of carboxylic acids is 3. The summed E-state index contributed by atoms with van der Waals surface area (Å²) in [7, 11) is 2.30. The number of carboxylic acid groups (broad SMARTS) is 3. The molecule has 1 aliphatic rings. The van der Waals surface area contributed by atoms with Crippen molar-refractivity contribution in [3.63, 3.8) is 0 Å². The van der Waals surface area contributed by atoms with Crippen LogP contribution in [0, 0.1) is 6.92 Å². The molecule has 0 atom stereocenters. The predicted octanol–water partition coefficient (Wildman–Crippen LogP) is 1.17. The van der Waals surface area contributed by atoms with Crippen LogP contribution < -0.4 is 5.73 Å². The van der Waals surface area contributed by atoms with Gasteiger partial charge in [-0.25, -0.2) is 24.4 Å². The fraction of sp³-hybridized carbons (Fsp3) is 0.136. The maximum absolute atomic E-state index is 13.1. The molecule has 0 aliphatic heterocycles. The van der Waals surface area contributed by atoms with Crippen molar-refractivity contribution in [1.29, 1.82) is 0 Å². The molecule has 0 radical (unpaired) electrons. The molecule has 0 amide bonds. The summed E-state index contributed by atoms with van der Waals surface area (Å²) >= 11 is 0. The third-order valence-electron chi connectivity index (χ3n) is 5.09. The zero-order chi connectivity index (χ0) is 26.2. The molecule has 180 valence electrons. The molecule has 2 aromatic heterocycles. The molecule has 2 heterocycles. The number of anilines is 1. The molecule has 3 rings (SSSR count). The molecule has 0 saturated heterocycles. The molecule has 5 N–H and O–H groups in total. The van der Waals surface area contributed by atoms with E-state index in [2.05, 4.69) is 9.97 Å². The maximum atomic E-state index is 13.1. The number of hydrogen-bond acceptors (Lipinski definition) is 10. The summed E-state index contributed by atoms with van der Waals surface area (Å²) in [4.78, 5) is 68.2. The molecule has 0 aromatic carbocycles. The SMILES string of the molecule is COC1=C(OC)C(=O)C(c2c(C)c(C(=O)O)nc(-c3ccc(C(=O)O)c(C(=O)O)n3)c2N)=CC1=O. The van der Waals surface area contributed by atoms with Crippen LogP contribution in [0.15, 0.2) is 29.7 Å². The summed E-state index contributed by atoms with van der Waals surface area (Å²) in [5.74, 6) is -7.09. The second-order valence-electron chi connectivity index (χ2n) is 7.05. The monoisotopic (exact) mass is 483 g/mol. The predicted molar refractivity (Wildman–Crippen MR) is 117 cm³/mol. The van der Waals surface area contributed by atoms with Gasteiger partial charge in [-0.15, -0.1) is 0 Å². The number of nitrogens with two attached hydrogens (primary N) is 1. The number of Topliss-reactive ketones (excluding diaryl/α,β-unsaturated/α-hetero) is 1. The summed E-state index contributed by atoms with van der Waals surface area (Å²) < 4.78 is 9.95. The standard InChI is InChI=1S/C22H17N3O10/c1-7-12(9-6-11(26)18(34-2)19(35-3)17(9)27)13(23)16(25-14(7)21(30)31)10-5-4-8(20(28)29)15(24-10)22(32)33/h4-6H,23H2,1-3H3,(H,28,29)(H,30,31)(H,32,33). The van der Waals surface area contributed by atoms with Crippen molar-refractivity contribution < 1.29 is 48.8 Å². The average molecular weight is 483 g/mol. The highest BCUT2D eigenvalue weighted by Gasteiger charge is 2.35.